The molecule has 5 nitrogen and oxygen atoms in total. The molecule has 1 N–H and O–H groups in total. The minimum atomic E-state index is -0.397. The van der Waals surface area contributed by atoms with Crippen molar-refractivity contribution in [2.45, 2.75) is 19.9 Å². The topological polar surface area (TPSA) is 64.0 Å². The molecular weight excluding hydrogens is 273 g/mol. The van der Waals surface area contributed by atoms with Gasteiger partial charge in [0.15, 0.2) is 0 Å². The second kappa shape index (κ2) is 6.78. The molecule has 0 saturated carbocycles. The van der Waals surface area contributed by atoms with E-state index in [2.05, 4.69) is 10.3 Å². The molecule has 110 valence electrons. The van der Waals surface area contributed by atoms with Gasteiger partial charge in [0.25, 0.3) is 5.56 Å². The highest BCUT2D eigenvalue weighted by Gasteiger charge is 2.07. The Morgan fingerprint density at radius 2 is 2.14 bits per heavy atom. The lowest BCUT2D eigenvalue weighted by molar-refractivity contribution is -0.120. The molecule has 0 fully saturated rings. The van der Waals surface area contributed by atoms with Crippen LogP contribution in [0.25, 0.3) is 0 Å². The first kappa shape index (κ1) is 14.9. The summed E-state index contributed by atoms with van der Waals surface area (Å²) in [5.41, 5.74) is 0.842. The van der Waals surface area contributed by atoms with E-state index in [1.165, 1.54) is 23.0 Å². The Balaban J connectivity index is 1.85. The van der Waals surface area contributed by atoms with Crippen LogP contribution < -0.4 is 10.9 Å². The third-order valence-electron chi connectivity index (χ3n) is 3.00. The quantitative estimate of drug-likeness (QED) is 0.895. The minimum Gasteiger partial charge on any atom is -0.354 e. The summed E-state index contributed by atoms with van der Waals surface area (Å²) in [7, 11) is 0. The summed E-state index contributed by atoms with van der Waals surface area (Å²) in [4.78, 5) is 27.3. The fourth-order valence-electron chi connectivity index (χ4n) is 1.88. The van der Waals surface area contributed by atoms with Crippen LogP contribution >= 0.6 is 0 Å². The summed E-state index contributed by atoms with van der Waals surface area (Å²) in [6.07, 6.45) is 1.43. The van der Waals surface area contributed by atoms with Gasteiger partial charge in [-0.1, -0.05) is 18.2 Å². The van der Waals surface area contributed by atoms with Gasteiger partial charge < -0.3 is 5.32 Å². The van der Waals surface area contributed by atoms with Gasteiger partial charge in [-0.3, -0.25) is 14.2 Å². The van der Waals surface area contributed by atoms with Gasteiger partial charge in [0.1, 0.15) is 5.82 Å². The van der Waals surface area contributed by atoms with E-state index in [0.717, 1.165) is 0 Å². The van der Waals surface area contributed by atoms with E-state index >= 15 is 0 Å². The Hall–Kier alpha value is -2.50. The summed E-state index contributed by atoms with van der Waals surface area (Å²) in [6, 6.07) is 7.58. The second-order valence-corrected chi connectivity index (χ2v) is 4.68. The van der Waals surface area contributed by atoms with E-state index in [1.54, 1.807) is 25.1 Å². The SMILES string of the molecule is Cc1cc(=O)n(CCNC(=O)Cc2ccccc2F)cn1. The van der Waals surface area contributed by atoms with E-state index in [-0.39, 0.29) is 24.4 Å². The number of nitrogens with zero attached hydrogens (tertiary/aromatic N) is 2. The zero-order valence-electron chi connectivity index (χ0n) is 11.7. The van der Waals surface area contributed by atoms with Gasteiger partial charge >= 0.3 is 0 Å². The molecule has 0 atom stereocenters. The maximum Gasteiger partial charge on any atom is 0.253 e. The Kier molecular flexibility index (Phi) is 4.81. The van der Waals surface area contributed by atoms with Crippen molar-refractivity contribution in [1.29, 1.82) is 0 Å². The van der Waals surface area contributed by atoms with Crippen LogP contribution in [0, 0.1) is 12.7 Å². The van der Waals surface area contributed by atoms with E-state index in [1.807, 2.05) is 0 Å². The van der Waals surface area contributed by atoms with E-state index in [4.69, 9.17) is 0 Å². The van der Waals surface area contributed by atoms with Crippen molar-refractivity contribution in [3.8, 4) is 0 Å². The maximum atomic E-state index is 13.4. The predicted octanol–water partition coefficient (Wildman–Crippen LogP) is 1.05. The van der Waals surface area contributed by atoms with E-state index in [0.29, 0.717) is 17.8 Å². The second-order valence-electron chi connectivity index (χ2n) is 4.68. The number of rotatable bonds is 5. The monoisotopic (exact) mass is 289 g/mol. The van der Waals surface area contributed by atoms with Gasteiger partial charge in [0.05, 0.1) is 12.7 Å². The molecule has 0 saturated heterocycles. The molecule has 6 heteroatoms. The molecule has 2 aromatic rings. The highest BCUT2D eigenvalue weighted by atomic mass is 19.1. The summed E-state index contributed by atoms with van der Waals surface area (Å²) in [5.74, 6) is -0.681. The molecule has 0 bridgehead atoms. The lowest BCUT2D eigenvalue weighted by Crippen LogP contribution is -2.31. The van der Waals surface area contributed by atoms with Crippen molar-refractivity contribution in [3.63, 3.8) is 0 Å². The zero-order valence-corrected chi connectivity index (χ0v) is 11.7. The number of carbonyl (C=O) groups excluding carboxylic acids is 1. The molecule has 0 radical (unpaired) electrons. The van der Waals surface area contributed by atoms with Crippen molar-refractivity contribution < 1.29 is 9.18 Å². The average molecular weight is 289 g/mol. The number of aromatic nitrogens is 2. The maximum absolute atomic E-state index is 13.4. The molecule has 0 aliphatic rings. The van der Waals surface area contributed by atoms with E-state index in [9.17, 15) is 14.0 Å². The Morgan fingerprint density at radius 1 is 1.38 bits per heavy atom. The Labute approximate surface area is 121 Å². The van der Waals surface area contributed by atoms with Crippen LogP contribution in [0.1, 0.15) is 11.3 Å². The van der Waals surface area contributed by atoms with Gasteiger partial charge in [-0.15, -0.1) is 0 Å². The average Bonchev–Trinajstić information content (AvgIpc) is 2.44. The Morgan fingerprint density at radius 3 is 2.86 bits per heavy atom. The molecule has 0 aliphatic heterocycles. The highest BCUT2D eigenvalue weighted by Crippen LogP contribution is 2.06. The third kappa shape index (κ3) is 4.24. The van der Waals surface area contributed by atoms with Gasteiger partial charge in [0, 0.05) is 24.8 Å². The van der Waals surface area contributed by atoms with Crippen LogP contribution in [-0.4, -0.2) is 22.0 Å². The number of benzene rings is 1. The predicted molar refractivity (Wildman–Crippen MR) is 76.3 cm³/mol. The summed E-state index contributed by atoms with van der Waals surface area (Å²) in [5, 5.41) is 2.66. The van der Waals surface area contributed by atoms with Crippen molar-refractivity contribution in [1.82, 2.24) is 14.9 Å². The lowest BCUT2D eigenvalue weighted by atomic mass is 10.1. The number of amides is 1. The number of carbonyl (C=O) groups is 1. The Bertz CT molecular complexity index is 697. The van der Waals surface area contributed by atoms with Crippen molar-refractivity contribution in [2.24, 2.45) is 0 Å². The minimum absolute atomic E-state index is 0.0201. The molecule has 0 spiro atoms. The molecule has 2 rings (SSSR count). The number of aryl methyl sites for hydroxylation is 1. The largest absolute Gasteiger partial charge is 0.354 e. The van der Waals surface area contributed by atoms with Crippen molar-refractivity contribution >= 4 is 5.91 Å². The molecule has 1 aromatic heterocycles. The van der Waals surface area contributed by atoms with Gasteiger partial charge in [-0.25, -0.2) is 9.37 Å². The summed E-state index contributed by atoms with van der Waals surface area (Å²) >= 11 is 0. The number of halogens is 1. The summed E-state index contributed by atoms with van der Waals surface area (Å²) < 4.78 is 14.8. The summed E-state index contributed by atoms with van der Waals surface area (Å²) in [6.45, 7) is 2.36. The first-order valence-corrected chi connectivity index (χ1v) is 6.59. The highest BCUT2D eigenvalue weighted by molar-refractivity contribution is 5.78. The van der Waals surface area contributed by atoms with Crippen LogP contribution in [0.3, 0.4) is 0 Å². The number of hydrogen-bond donors (Lipinski definition) is 1. The first-order valence-electron chi connectivity index (χ1n) is 6.59. The van der Waals surface area contributed by atoms with Crippen LogP contribution in [-0.2, 0) is 17.8 Å². The van der Waals surface area contributed by atoms with Gasteiger partial charge in [-0.2, -0.15) is 0 Å². The fourth-order valence-corrected chi connectivity index (χ4v) is 1.88. The molecule has 0 unspecified atom stereocenters. The zero-order chi connectivity index (χ0) is 15.2. The molecule has 1 aromatic carbocycles. The van der Waals surface area contributed by atoms with Crippen LogP contribution in [0.5, 0.6) is 0 Å². The molecule has 21 heavy (non-hydrogen) atoms. The molecular formula is C15H16FN3O2. The molecule has 0 aliphatic carbocycles. The van der Waals surface area contributed by atoms with E-state index < -0.39 is 5.82 Å². The van der Waals surface area contributed by atoms with Gasteiger partial charge in [0.2, 0.25) is 5.91 Å². The van der Waals surface area contributed by atoms with Crippen molar-refractivity contribution in [3.05, 3.63) is 64.1 Å². The standard InChI is InChI=1S/C15H16FN3O2/c1-11-8-15(21)19(10-18-11)7-6-17-14(20)9-12-4-2-3-5-13(12)16/h2-5,8,10H,6-7,9H2,1H3,(H,17,20). The van der Waals surface area contributed by atoms with Crippen LogP contribution in [0.2, 0.25) is 0 Å². The van der Waals surface area contributed by atoms with Gasteiger partial charge in [-0.05, 0) is 18.6 Å². The third-order valence-corrected chi connectivity index (χ3v) is 3.00. The lowest BCUT2D eigenvalue weighted by Gasteiger charge is -2.08. The fraction of sp³-hybridized carbons (Fsp3) is 0.267. The normalized spacial score (nSPS) is 10.4. The van der Waals surface area contributed by atoms with Crippen LogP contribution in [0.4, 0.5) is 4.39 Å². The number of nitrogens with one attached hydrogen (secondary N) is 1. The smallest absolute Gasteiger partial charge is 0.253 e. The molecule has 1 heterocycles. The first-order chi connectivity index (χ1) is 10.1. The van der Waals surface area contributed by atoms with Crippen LogP contribution in [0.15, 0.2) is 41.5 Å². The molecule has 1 amide bonds. The number of hydrogen-bond acceptors (Lipinski definition) is 3. The van der Waals surface area contributed by atoms with Crippen molar-refractivity contribution in [2.75, 3.05) is 6.54 Å².